The molecule has 1 amide bonds. The third kappa shape index (κ3) is 5.41. The van der Waals surface area contributed by atoms with Crippen LogP contribution < -0.4 is 15.4 Å². The highest BCUT2D eigenvalue weighted by Crippen LogP contribution is 2.15. The summed E-state index contributed by atoms with van der Waals surface area (Å²) in [4.78, 5) is 14.6. The van der Waals surface area contributed by atoms with E-state index in [2.05, 4.69) is 11.4 Å². The predicted octanol–water partition coefficient (Wildman–Crippen LogP) is 0.288. The van der Waals surface area contributed by atoms with Gasteiger partial charge in [0.15, 0.2) is 6.54 Å². The lowest BCUT2D eigenvalue weighted by Crippen LogP contribution is -3.08. The summed E-state index contributed by atoms with van der Waals surface area (Å²) in [6, 6.07) is 10.1. The van der Waals surface area contributed by atoms with Crippen LogP contribution in [0.5, 0.6) is 0 Å². The molecule has 4 N–H and O–H groups in total. The fourth-order valence-electron chi connectivity index (χ4n) is 2.37. The summed E-state index contributed by atoms with van der Waals surface area (Å²) >= 11 is 1.68. The Balaban J connectivity index is 1.89. The first-order chi connectivity index (χ1) is 11.3. The molecule has 1 aromatic carbocycles. The summed E-state index contributed by atoms with van der Waals surface area (Å²) in [6.45, 7) is 3.04. The van der Waals surface area contributed by atoms with Gasteiger partial charge >= 0.3 is 0 Å². The lowest BCUT2D eigenvalue weighted by atomic mass is 10.1. The van der Waals surface area contributed by atoms with E-state index in [1.165, 1.54) is 17.0 Å². The summed E-state index contributed by atoms with van der Waals surface area (Å²) in [6.07, 6.45) is 0. The van der Waals surface area contributed by atoms with Crippen LogP contribution in [0.3, 0.4) is 0 Å². The number of rotatable bonds is 7. The fourth-order valence-corrected chi connectivity index (χ4v) is 3.70. The normalized spacial score (nSPS) is 14.1. The Kier molecular flexibility index (Phi) is 6.11. The van der Waals surface area contributed by atoms with E-state index in [0.717, 1.165) is 17.0 Å². The monoisotopic (exact) mass is 368 g/mol. The minimum absolute atomic E-state index is 0.0490. The van der Waals surface area contributed by atoms with Gasteiger partial charge in [-0.3, -0.25) is 4.79 Å². The smallest absolute Gasteiger partial charge is 0.275 e. The maximum absolute atomic E-state index is 12.1. The van der Waals surface area contributed by atoms with Crippen molar-refractivity contribution in [2.24, 2.45) is 5.14 Å². The number of primary sulfonamides is 1. The Morgan fingerprint density at radius 2 is 1.96 bits per heavy atom. The first-order valence-electron chi connectivity index (χ1n) is 7.51. The summed E-state index contributed by atoms with van der Waals surface area (Å²) in [7, 11) is -1.72. The number of benzene rings is 1. The number of hydrogen-bond donors (Lipinski definition) is 3. The van der Waals surface area contributed by atoms with Gasteiger partial charge in [-0.25, -0.2) is 13.6 Å². The number of thiophene rings is 1. The second-order valence-corrected chi connectivity index (χ2v) is 8.39. The van der Waals surface area contributed by atoms with Crippen LogP contribution in [0.15, 0.2) is 46.7 Å². The molecular formula is C16H22N3O3S2+. The molecule has 24 heavy (non-hydrogen) atoms. The first-order valence-corrected chi connectivity index (χ1v) is 9.94. The molecule has 8 heteroatoms. The maximum atomic E-state index is 12.1. The number of nitrogens with two attached hydrogens (primary N) is 1. The average Bonchev–Trinajstić information content (AvgIpc) is 2.98. The second-order valence-electron chi connectivity index (χ2n) is 5.79. The van der Waals surface area contributed by atoms with E-state index >= 15 is 0 Å². The van der Waals surface area contributed by atoms with Crippen molar-refractivity contribution < 1.29 is 18.1 Å². The van der Waals surface area contributed by atoms with Gasteiger partial charge in [-0.15, -0.1) is 11.3 Å². The molecule has 1 aromatic heterocycles. The standard InChI is InChI=1S/C16H21N3O3S2/c1-12(13-5-7-15(8-6-13)24(17,21)22)18-16(20)11-19(2)10-14-4-3-9-23-14/h3-9,12H,10-11H2,1-2H3,(H,18,20)(H2,17,21,22)/p+1/t12-/m0/s1. The largest absolute Gasteiger partial charge is 0.345 e. The highest BCUT2D eigenvalue weighted by Gasteiger charge is 2.15. The Labute approximate surface area is 146 Å². The molecule has 0 saturated heterocycles. The van der Waals surface area contributed by atoms with Gasteiger partial charge in [-0.05, 0) is 36.1 Å². The van der Waals surface area contributed by atoms with Crippen molar-refractivity contribution >= 4 is 27.3 Å². The van der Waals surface area contributed by atoms with E-state index in [9.17, 15) is 13.2 Å². The summed E-state index contributed by atoms with van der Waals surface area (Å²) in [5.41, 5.74) is 0.826. The molecule has 0 spiro atoms. The first kappa shape index (κ1) is 18.6. The molecule has 0 fully saturated rings. The summed E-state index contributed by atoms with van der Waals surface area (Å²) < 4.78 is 22.5. The van der Waals surface area contributed by atoms with Gasteiger partial charge in [0.1, 0.15) is 6.54 Å². The molecule has 6 nitrogen and oxygen atoms in total. The van der Waals surface area contributed by atoms with E-state index in [1.54, 1.807) is 23.5 Å². The van der Waals surface area contributed by atoms with Crippen LogP contribution in [0.25, 0.3) is 0 Å². The Morgan fingerprint density at radius 1 is 1.29 bits per heavy atom. The van der Waals surface area contributed by atoms with Gasteiger partial charge in [0.05, 0.1) is 22.9 Å². The van der Waals surface area contributed by atoms with Gasteiger partial charge in [0, 0.05) is 0 Å². The minimum Gasteiger partial charge on any atom is -0.345 e. The number of amides is 1. The van der Waals surface area contributed by atoms with E-state index in [0.29, 0.717) is 6.54 Å². The van der Waals surface area contributed by atoms with Gasteiger partial charge in [0.25, 0.3) is 5.91 Å². The molecule has 0 bridgehead atoms. The Morgan fingerprint density at radius 3 is 2.50 bits per heavy atom. The third-order valence-corrected chi connectivity index (χ3v) is 5.41. The van der Waals surface area contributed by atoms with Gasteiger partial charge in [-0.1, -0.05) is 18.2 Å². The Hall–Kier alpha value is -1.74. The lowest BCUT2D eigenvalue weighted by Gasteiger charge is -2.17. The van der Waals surface area contributed by atoms with Crippen LogP contribution in [-0.2, 0) is 21.4 Å². The van der Waals surface area contributed by atoms with Crippen LogP contribution in [0.4, 0.5) is 0 Å². The van der Waals surface area contributed by atoms with Crippen LogP contribution in [0.2, 0.25) is 0 Å². The van der Waals surface area contributed by atoms with Gasteiger partial charge < -0.3 is 10.2 Å². The molecule has 2 aromatic rings. The van der Waals surface area contributed by atoms with Gasteiger partial charge in [0.2, 0.25) is 10.0 Å². The SMILES string of the molecule is C[C@H](NC(=O)C[NH+](C)Cc1cccs1)c1ccc(S(N)(=O)=O)cc1. The number of carbonyl (C=O) groups is 1. The van der Waals surface area contributed by atoms with Crippen molar-refractivity contribution in [3.63, 3.8) is 0 Å². The quantitative estimate of drug-likeness (QED) is 0.656. The van der Waals surface area contributed by atoms with Crippen molar-refractivity contribution in [3.8, 4) is 0 Å². The van der Waals surface area contributed by atoms with Crippen molar-refractivity contribution in [2.75, 3.05) is 13.6 Å². The molecule has 2 atom stereocenters. The molecule has 0 aliphatic rings. The molecular weight excluding hydrogens is 346 g/mol. The van der Waals surface area contributed by atoms with Gasteiger partial charge in [-0.2, -0.15) is 0 Å². The Bertz CT molecular complexity index is 771. The number of nitrogens with one attached hydrogen (secondary N) is 2. The van der Waals surface area contributed by atoms with Crippen LogP contribution in [-0.4, -0.2) is 27.9 Å². The zero-order chi connectivity index (χ0) is 17.7. The van der Waals surface area contributed by atoms with Crippen molar-refractivity contribution in [2.45, 2.75) is 24.4 Å². The molecule has 2 rings (SSSR count). The topological polar surface area (TPSA) is 93.7 Å². The molecule has 0 aliphatic heterocycles. The number of hydrogen-bond acceptors (Lipinski definition) is 4. The second kappa shape index (κ2) is 7.89. The van der Waals surface area contributed by atoms with E-state index in [4.69, 9.17) is 5.14 Å². The molecule has 0 radical (unpaired) electrons. The number of quaternary nitrogens is 1. The number of carbonyl (C=O) groups excluding carboxylic acids is 1. The molecule has 130 valence electrons. The minimum atomic E-state index is -3.70. The number of sulfonamides is 1. The molecule has 1 heterocycles. The van der Waals surface area contributed by atoms with E-state index < -0.39 is 10.0 Å². The van der Waals surface area contributed by atoms with Crippen LogP contribution >= 0.6 is 11.3 Å². The zero-order valence-corrected chi connectivity index (χ0v) is 15.3. The van der Waals surface area contributed by atoms with Crippen LogP contribution in [0, 0.1) is 0 Å². The summed E-state index contributed by atoms with van der Waals surface area (Å²) in [5, 5.41) is 10.0. The molecule has 1 unspecified atom stereocenters. The summed E-state index contributed by atoms with van der Waals surface area (Å²) in [5.74, 6) is -0.0490. The predicted molar refractivity (Wildman–Crippen MR) is 94.1 cm³/mol. The maximum Gasteiger partial charge on any atom is 0.275 e. The lowest BCUT2D eigenvalue weighted by molar-refractivity contribution is -0.885. The van der Waals surface area contributed by atoms with Crippen molar-refractivity contribution in [1.82, 2.24) is 5.32 Å². The highest BCUT2D eigenvalue weighted by molar-refractivity contribution is 7.89. The van der Waals surface area contributed by atoms with E-state index in [-0.39, 0.29) is 16.8 Å². The van der Waals surface area contributed by atoms with Crippen LogP contribution in [0.1, 0.15) is 23.4 Å². The van der Waals surface area contributed by atoms with E-state index in [1.807, 2.05) is 25.4 Å². The van der Waals surface area contributed by atoms with Crippen molar-refractivity contribution in [3.05, 3.63) is 52.2 Å². The fraction of sp³-hybridized carbons (Fsp3) is 0.312. The number of likely N-dealkylation sites (N-methyl/N-ethyl adjacent to an activating group) is 1. The zero-order valence-electron chi connectivity index (χ0n) is 13.7. The average molecular weight is 369 g/mol. The molecule has 0 saturated carbocycles. The van der Waals surface area contributed by atoms with Crippen molar-refractivity contribution in [1.29, 1.82) is 0 Å². The molecule has 0 aliphatic carbocycles. The highest BCUT2D eigenvalue weighted by atomic mass is 32.2. The third-order valence-electron chi connectivity index (χ3n) is 3.60.